The molecule has 1 unspecified atom stereocenters. The van der Waals surface area contributed by atoms with Crippen LogP contribution in [0.4, 0.5) is 0 Å². The van der Waals surface area contributed by atoms with E-state index in [2.05, 4.69) is 16.2 Å². The summed E-state index contributed by atoms with van der Waals surface area (Å²) in [5.74, 6) is 1.67. The van der Waals surface area contributed by atoms with Gasteiger partial charge in [0.1, 0.15) is 11.8 Å². The number of hydrogen-bond donors (Lipinski definition) is 1. The molecule has 0 saturated heterocycles. The van der Waals surface area contributed by atoms with Crippen molar-refractivity contribution in [1.82, 2.24) is 10.1 Å². The summed E-state index contributed by atoms with van der Waals surface area (Å²) in [5.41, 5.74) is 3.13. The Morgan fingerprint density at radius 2 is 2.26 bits per heavy atom. The van der Waals surface area contributed by atoms with Gasteiger partial charge < -0.3 is 9.63 Å². The highest BCUT2D eigenvalue weighted by Gasteiger charge is 2.28. The van der Waals surface area contributed by atoms with Crippen molar-refractivity contribution in [3.8, 4) is 11.3 Å². The van der Waals surface area contributed by atoms with Crippen LogP contribution in [-0.2, 0) is 0 Å². The van der Waals surface area contributed by atoms with Crippen molar-refractivity contribution < 1.29 is 9.63 Å². The van der Waals surface area contributed by atoms with Gasteiger partial charge in [0, 0.05) is 39.6 Å². The number of allylic oxidation sites excluding steroid dienone is 1. The molecule has 116 valence electrons. The lowest BCUT2D eigenvalue weighted by molar-refractivity contribution is 0.219. The highest BCUT2D eigenvalue weighted by molar-refractivity contribution is 8.08. The molecule has 4 nitrogen and oxygen atoms in total. The van der Waals surface area contributed by atoms with Crippen molar-refractivity contribution in [3.05, 3.63) is 64.2 Å². The third-order valence-corrected chi connectivity index (χ3v) is 5.52. The van der Waals surface area contributed by atoms with Crippen LogP contribution in [-0.4, -0.2) is 21.0 Å². The van der Waals surface area contributed by atoms with Gasteiger partial charge in [-0.15, -0.1) is 11.8 Å². The van der Waals surface area contributed by atoms with Gasteiger partial charge in [-0.25, -0.2) is 0 Å². The van der Waals surface area contributed by atoms with E-state index in [0.29, 0.717) is 5.76 Å². The molecule has 0 fully saturated rings. The van der Waals surface area contributed by atoms with E-state index in [1.807, 2.05) is 29.0 Å². The van der Waals surface area contributed by atoms with Crippen LogP contribution in [0.5, 0.6) is 0 Å². The summed E-state index contributed by atoms with van der Waals surface area (Å²) in [7, 11) is 0. The van der Waals surface area contributed by atoms with Crippen LogP contribution in [0.15, 0.2) is 52.0 Å². The molecule has 1 N–H and O–H groups in total. The van der Waals surface area contributed by atoms with Gasteiger partial charge in [-0.2, -0.15) is 11.3 Å². The Hall–Kier alpha value is -1.89. The Morgan fingerprint density at radius 1 is 1.30 bits per heavy atom. The van der Waals surface area contributed by atoms with Gasteiger partial charge in [0.05, 0.1) is 5.56 Å². The fraction of sp³-hybridized carbons (Fsp3) is 0.176. The van der Waals surface area contributed by atoms with Gasteiger partial charge in [-0.1, -0.05) is 17.3 Å². The van der Waals surface area contributed by atoms with E-state index >= 15 is 0 Å². The second-order valence-corrected chi connectivity index (χ2v) is 7.10. The lowest BCUT2D eigenvalue weighted by Gasteiger charge is -2.12. The van der Waals surface area contributed by atoms with Crippen LogP contribution in [0.1, 0.15) is 29.3 Å². The fourth-order valence-electron chi connectivity index (χ4n) is 2.62. The quantitative estimate of drug-likeness (QED) is 0.763. The monoisotopic (exact) mass is 342 g/mol. The van der Waals surface area contributed by atoms with Crippen molar-refractivity contribution in [2.24, 2.45) is 0 Å². The van der Waals surface area contributed by atoms with Crippen LogP contribution in [0.2, 0.25) is 0 Å². The number of hydrogen-bond acceptors (Lipinski definition) is 6. The molecule has 1 aliphatic rings. The molecule has 0 bridgehead atoms. The second kappa shape index (κ2) is 6.31. The van der Waals surface area contributed by atoms with Crippen molar-refractivity contribution >= 4 is 28.0 Å². The molecule has 0 aliphatic carbocycles. The number of nitrogens with zero attached hydrogens (tertiary/aromatic N) is 2. The van der Waals surface area contributed by atoms with Gasteiger partial charge >= 0.3 is 0 Å². The molecule has 1 atom stereocenters. The summed E-state index contributed by atoms with van der Waals surface area (Å²) >= 11 is 3.34. The van der Waals surface area contributed by atoms with E-state index < -0.39 is 6.10 Å². The molecule has 0 spiro atoms. The average Bonchev–Trinajstić information content (AvgIpc) is 3.33. The van der Waals surface area contributed by atoms with Gasteiger partial charge in [0.2, 0.25) is 0 Å². The zero-order valence-electron chi connectivity index (χ0n) is 12.2. The Balaban J connectivity index is 1.86. The molecule has 0 saturated carbocycles. The first kappa shape index (κ1) is 14.7. The molecule has 0 aromatic carbocycles. The number of aromatic nitrogens is 2. The SMILES string of the molecule is OC(c1cccnc1)c1c(C2=CCCS2)noc1-c1ccsc1. The van der Waals surface area contributed by atoms with Crippen LogP contribution >= 0.6 is 23.1 Å². The maximum absolute atomic E-state index is 10.9. The molecule has 0 amide bonds. The largest absolute Gasteiger partial charge is 0.383 e. The minimum absolute atomic E-state index is 0.631. The van der Waals surface area contributed by atoms with Gasteiger partial charge in [0.15, 0.2) is 5.76 Å². The van der Waals surface area contributed by atoms with Crippen molar-refractivity contribution in [3.63, 3.8) is 0 Å². The minimum atomic E-state index is -0.818. The number of thiophene rings is 1. The molecule has 4 heterocycles. The predicted octanol–water partition coefficient (Wildman–Crippen LogP) is 4.36. The first-order valence-electron chi connectivity index (χ1n) is 7.28. The molecular formula is C17H14N2O2S2. The van der Waals surface area contributed by atoms with E-state index in [-0.39, 0.29) is 0 Å². The topological polar surface area (TPSA) is 59.2 Å². The van der Waals surface area contributed by atoms with E-state index in [0.717, 1.165) is 39.5 Å². The lowest BCUT2D eigenvalue weighted by Crippen LogP contribution is -2.03. The molecule has 1 aliphatic heterocycles. The Kier molecular flexibility index (Phi) is 4.03. The normalized spacial score (nSPS) is 15.6. The number of aliphatic hydroxyl groups excluding tert-OH is 1. The summed E-state index contributed by atoms with van der Waals surface area (Å²) < 4.78 is 5.62. The smallest absolute Gasteiger partial charge is 0.174 e. The number of pyridine rings is 1. The van der Waals surface area contributed by atoms with Crippen LogP contribution in [0.3, 0.4) is 0 Å². The number of thioether (sulfide) groups is 1. The molecular weight excluding hydrogens is 328 g/mol. The van der Waals surface area contributed by atoms with Crippen LogP contribution < -0.4 is 0 Å². The van der Waals surface area contributed by atoms with E-state index in [1.165, 1.54) is 0 Å². The molecule has 23 heavy (non-hydrogen) atoms. The maximum atomic E-state index is 10.9. The van der Waals surface area contributed by atoms with Crippen LogP contribution in [0.25, 0.3) is 16.2 Å². The van der Waals surface area contributed by atoms with Gasteiger partial charge in [-0.3, -0.25) is 4.98 Å². The summed E-state index contributed by atoms with van der Waals surface area (Å²) in [6.07, 6.45) is 5.72. The molecule has 0 radical (unpaired) electrons. The van der Waals surface area contributed by atoms with Crippen LogP contribution in [0, 0.1) is 0 Å². The molecule has 3 aromatic heterocycles. The maximum Gasteiger partial charge on any atom is 0.174 e. The number of rotatable bonds is 4. The Labute approximate surface area is 141 Å². The standard InChI is InChI=1S/C17H14N2O2S2/c20-16(11-3-1-6-18-9-11)14-15(13-4-2-7-23-13)19-21-17(14)12-5-8-22-10-12/h1,3-6,8-10,16,20H,2,7H2. The van der Waals surface area contributed by atoms with Crippen molar-refractivity contribution in [1.29, 1.82) is 0 Å². The zero-order valence-corrected chi connectivity index (χ0v) is 13.8. The Bertz CT molecular complexity index is 826. The highest BCUT2D eigenvalue weighted by atomic mass is 32.2. The molecule has 4 rings (SSSR count). The molecule has 6 heteroatoms. The fourth-order valence-corrected chi connectivity index (χ4v) is 4.23. The zero-order chi connectivity index (χ0) is 15.6. The first-order valence-corrected chi connectivity index (χ1v) is 9.21. The summed E-state index contributed by atoms with van der Waals surface area (Å²) in [4.78, 5) is 5.18. The van der Waals surface area contributed by atoms with Crippen molar-refractivity contribution in [2.45, 2.75) is 12.5 Å². The van der Waals surface area contributed by atoms with E-state index in [9.17, 15) is 5.11 Å². The predicted molar refractivity (Wildman–Crippen MR) is 93.2 cm³/mol. The minimum Gasteiger partial charge on any atom is -0.383 e. The molecule has 3 aromatic rings. The third kappa shape index (κ3) is 2.73. The van der Waals surface area contributed by atoms with E-state index in [4.69, 9.17) is 4.52 Å². The average molecular weight is 342 g/mol. The summed E-state index contributed by atoms with van der Waals surface area (Å²) in [5, 5.41) is 19.2. The summed E-state index contributed by atoms with van der Waals surface area (Å²) in [6.45, 7) is 0. The van der Waals surface area contributed by atoms with Crippen molar-refractivity contribution in [2.75, 3.05) is 5.75 Å². The first-order chi connectivity index (χ1) is 11.3. The lowest BCUT2D eigenvalue weighted by atomic mass is 9.98. The van der Waals surface area contributed by atoms with Gasteiger partial charge in [0.25, 0.3) is 0 Å². The summed E-state index contributed by atoms with van der Waals surface area (Å²) in [6, 6.07) is 5.66. The third-order valence-electron chi connectivity index (χ3n) is 3.72. The van der Waals surface area contributed by atoms with E-state index in [1.54, 1.807) is 35.5 Å². The Morgan fingerprint density at radius 3 is 2.96 bits per heavy atom. The highest BCUT2D eigenvalue weighted by Crippen LogP contribution is 2.42. The second-order valence-electron chi connectivity index (χ2n) is 5.18. The number of aliphatic hydroxyl groups is 1. The van der Waals surface area contributed by atoms with Gasteiger partial charge in [-0.05, 0) is 23.9 Å².